The first-order chi connectivity index (χ1) is 11.5. The first-order valence-corrected chi connectivity index (χ1v) is 7.43. The lowest BCUT2D eigenvalue weighted by atomic mass is 10.1. The van der Waals surface area contributed by atoms with Crippen molar-refractivity contribution in [3.05, 3.63) is 42.1 Å². The largest absolute Gasteiger partial charge is 0.417 e. The van der Waals surface area contributed by atoms with Gasteiger partial charge in [-0.2, -0.15) is 10.2 Å². The number of para-hydroxylation sites is 1. The summed E-state index contributed by atoms with van der Waals surface area (Å²) in [6.07, 6.45) is 1.71. The van der Waals surface area contributed by atoms with Gasteiger partial charge in [0.15, 0.2) is 0 Å². The molecule has 1 aliphatic heterocycles. The Bertz CT molecular complexity index is 894. The smallest absolute Gasteiger partial charge is 0.272 e. The molecule has 7 heteroatoms. The second-order valence-electron chi connectivity index (χ2n) is 5.53. The van der Waals surface area contributed by atoms with Crippen LogP contribution in [0.1, 0.15) is 5.56 Å². The van der Waals surface area contributed by atoms with Gasteiger partial charge < -0.3 is 0 Å². The summed E-state index contributed by atoms with van der Waals surface area (Å²) < 4.78 is 0. The van der Waals surface area contributed by atoms with Crippen LogP contribution in [0.15, 0.2) is 36.5 Å². The number of nitrogens with one attached hydrogen (secondary N) is 1. The van der Waals surface area contributed by atoms with Gasteiger partial charge in [-0.05, 0) is 6.07 Å². The molecule has 1 unspecified atom stereocenters. The predicted molar refractivity (Wildman–Crippen MR) is 86.4 cm³/mol. The zero-order valence-electron chi connectivity index (χ0n) is 13.4. The molecule has 3 rings (SSSR count). The number of amidine groups is 1. The van der Waals surface area contributed by atoms with Crippen LogP contribution in [0, 0.1) is 17.2 Å². The first-order valence-electron chi connectivity index (χ1n) is 7.43. The molecule has 1 atom stereocenters. The van der Waals surface area contributed by atoms with Crippen molar-refractivity contribution in [2.75, 3.05) is 14.1 Å². The fourth-order valence-corrected chi connectivity index (χ4v) is 2.76. The Morgan fingerprint density at radius 2 is 1.96 bits per heavy atom. The molecule has 1 aliphatic rings. The number of imide groups is 1. The number of carbonyl (C=O) groups is 2. The monoisotopic (exact) mass is 322 g/mol. The standard InChI is InChI=1S/C17H15N5O2/c1-21-15(13(9-18)16(23)22(2)17(21)24)20-10-12-6-3-5-11-7-4-8-19-14(11)12/h3-8,13H,10H2,1-2H3/p+1. The number of rotatable bonds is 2. The highest BCUT2D eigenvalue weighted by Crippen LogP contribution is 2.15. The lowest BCUT2D eigenvalue weighted by Gasteiger charge is -2.26. The summed E-state index contributed by atoms with van der Waals surface area (Å²) >= 11 is 0. The van der Waals surface area contributed by atoms with Crippen molar-refractivity contribution in [2.24, 2.45) is 5.92 Å². The van der Waals surface area contributed by atoms with Crippen molar-refractivity contribution in [3.63, 3.8) is 0 Å². The Hall–Kier alpha value is -3.27. The van der Waals surface area contributed by atoms with E-state index < -0.39 is 17.9 Å². The number of pyridine rings is 1. The van der Waals surface area contributed by atoms with Gasteiger partial charge in [0, 0.05) is 24.2 Å². The normalized spacial score (nSPS) is 19.9. The van der Waals surface area contributed by atoms with Crippen LogP contribution in [0.3, 0.4) is 0 Å². The van der Waals surface area contributed by atoms with Crippen LogP contribution < -0.4 is 4.99 Å². The van der Waals surface area contributed by atoms with Gasteiger partial charge in [-0.1, -0.05) is 24.3 Å². The summed E-state index contributed by atoms with van der Waals surface area (Å²) in [4.78, 5) is 33.9. The Labute approximate surface area is 138 Å². The van der Waals surface area contributed by atoms with E-state index in [0.29, 0.717) is 12.4 Å². The van der Waals surface area contributed by atoms with Gasteiger partial charge in [-0.3, -0.25) is 14.8 Å². The van der Waals surface area contributed by atoms with Crippen molar-refractivity contribution in [3.8, 4) is 6.07 Å². The number of nitrogens with zero attached hydrogens (tertiary/aromatic N) is 4. The van der Waals surface area contributed by atoms with Crippen molar-refractivity contribution < 1.29 is 14.6 Å². The molecule has 2 heterocycles. The average Bonchev–Trinajstić information content (AvgIpc) is 2.61. The van der Waals surface area contributed by atoms with E-state index in [9.17, 15) is 14.9 Å². The molecule has 120 valence electrons. The van der Waals surface area contributed by atoms with Crippen LogP contribution >= 0.6 is 0 Å². The van der Waals surface area contributed by atoms with Gasteiger partial charge in [0.1, 0.15) is 6.54 Å². The Morgan fingerprint density at radius 1 is 1.21 bits per heavy atom. The molecular formula is C17H16N5O2+. The number of amides is 3. The minimum atomic E-state index is -1.03. The summed E-state index contributed by atoms with van der Waals surface area (Å²) in [6, 6.07) is 11.1. The highest BCUT2D eigenvalue weighted by molar-refractivity contribution is 6.17. The third kappa shape index (κ3) is 2.48. The van der Waals surface area contributed by atoms with Crippen LogP contribution in [0.5, 0.6) is 0 Å². The number of hydrogen-bond acceptors (Lipinski definition) is 4. The van der Waals surface area contributed by atoms with E-state index in [4.69, 9.17) is 0 Å². The topological polar surface area (TPSA) is 91.3 Å². The van der Waals surface area contributed by atoms with E-state index in [1.165, 1.54) is 11.9 Å². The zero-order chi connectivity index (χ0) is 17.3. The molecule has 2 aromatic rings. The second kappa shape index (κ2) is 6.08. The molecule has 7 nitrogen and oxygen atoms in total. The van der Waals surface area contributed by atoms with Gasteiger partial charge >= 0.3 is 6.03 Å². The maximum absolute atomic E-state index is 12.1. The van der Waals surface area contributed by atoms with Gasteiger partial charge in [0.25, 0.3) is 11.7 Å². The predicted octanol–water partition coefficient (Wildman–Crippen LogP) is -0.123. The molecule has 1 aromatic heterocycles. The zero-order valence-corrected chi connectivity index (χ0v) is 13.4. The lowest BCUT2D eigenvalue weighted by molar-refractivity contribution is -0.482. The van der Waals surface area contributed by atoms with E-state index in [1.807, 2.05) is 36.4 Å². The van der Waals surface area contributed by atoms with Crippen LogP contribution in [0.4, 0.5) is 4.79 Å². The minimum Gasteiger partial charge on any atom is -0.272 e. The van der Waals surface area contributed by atoms with E-state index in [0.717, 1.165) is 21.4 Å². The van der Waals surface area contributed by atoms with Crippen molar-refractivity contribution in [2.45, 2.75) is 6.54 Å². The van der Waals surface area contributed by atoms with Crippen LogP contribution in [0.2, 0.25) is 0 Å². The van der Waals surface area contributed by atoms with Crippen molar-refractivity contribution >= 4 is 28.7 Å². The molecule has 3 amide bonds. The lowest BCUT2D eigenvalue weighted by Crippen LogP contribution is -2.79. The van der Waals surface area contributed by atoms with Gasteiger partial charge in [0.05, 0.1) is 18.6 Å². The number of aromatic nitrogens is 1. The molecule has 0 bridgehead atoms. The molecule has 0 aliphatic carbocycles. The van der Waals surface area contributed by atoms with Crippen molar-refractivity contribution in [1.82, 2.24) is 14.8 Å². The molecule has 1 aromatic carbocycles. The summed E-state index contributed by atoms with van der Waals surface area (Å²) in [5.41, 5.74) is 1.76. The maximum atomic E-state index is 12.1. The Morgan fingerprint density at radius 3 is 2.71 bits per heavy atom. The Balaban J connectivity index is 1.99. The third-order valence-corrected chi connectivity index (χ3v) is 4.09. The SMILES string of the molecule is CN1C(=O)C(C#N)C(=[NH+]Cc2cccc3cccnc23)N(C)C1=O. The summed E-state index contributed by atoms with van der Waals surface area (Å²) in [5, 5.41) is 10.3. The van der Waals surface area contributed by atoms with Crippen molar-refractivity contribution in [1.29, 1.82) is 5.26 Å². The molecule has 0 spiro atoms. The number of benzene rings is 1. The molecule has 0 radical (unpaired) electrons. The fourth-order valence-electron chi connectivity index (χ4n) is 2.76. The number of fused-ring (bicyclic) bond motifs is 1. The molecule has 24 heavy (non-hydrogen) atoms. The van der Waals surface area contributed by atoms with E-state index in [1.54, 1.807) is 13.2 Å². The summed E-state index contributed by atoms with van der Waals surface area (Å²) in [5.74, 6) is -1.27. The molecule has 1 fully saturated rings. The molecular weight excluding hydrogens is 306 g/mol. The van der Waals surface area contributed by atoms with Gasteiger partial charge in [0.2, 0.25) is 5.92 Å². The molecule has 1 N–H and O–H groups in total. The third-order valence-electron chi connectivity index (χ3n) is 4.09. The quantitative estimate of drug-likeness (QED) is 0.834. The highest BCUT2D eigenvalue weighted by Gasteiger charge is 2.46. The highest BCUT2D eigenvalue weighted by atomic mass is 16.2. The average molecular weight is 322 g/mol. The van der Waals surface area contributed by atoms with Gasteiger partial charge in [-0.15, -0.1) is 0 Å². The maximum Gasteiger partial charge on any atom is 0.417 e. The number of hydrogen-bond donors (Lipinski definition) is 1. The number of carbonyl (C=O) groups excluding carboxylic acids is 2. The second-order valence-corrected chi connectivity index (χ2v) is 5.53. The van der Waals surface area contributed by atoms with Crippen LogP contribution in [-0.2, 0) is 11.3 Å². The molecule has 0 saturated carbocycles. The Kier molecular flexibility index (Phi) is 3.96. The summed E-state index contributed by atoms with van der Waals surface area (Å²) in [7, 11) is 2.91. The minimum absolute atomic E-state index is 0.290. The first kappa shape index (κ1) is 15.6. The van der Waals surface area contributed by atoms with Crippen LogP contribution in [-0.4, -0.2) is 46.7 Å². The van der Waals surface area contributed by atoms with E-state index in [-0.39, 0.29) is 0 Å². The molecule has 1 saturated heterocycles. The summed E-state index contributed by atoms with van der Waals surface area (Å²) in [6.45, 7) is 0.358. The van der Waals surface area contributed by atoms with E-state index in [2.05, 4.69) is 9.98 Å². The number of nitriles is 1. The fraction of sp³-hybridized carbons (Fsp3) is 0.235. The van der Waals surface area contributed by atoms with Gasteiger partial charge in [-0.25, -0.2) is 9.69 Å². The number of urea groups is 1. The van der Waals surface area contributed by atoms with Crippen LogP contribution in [0.25, 0.3) is 10.9 Å². The van der Waals surface area contributed by atoms with E-state index >= 15 is 0 Å².